The summed E-state index contributed by atoms with van der Waals surface area (Å²) in [7, 11) is 0. The summed E-state index contributed by atoms with van der Waals surface area (Å²) < 4.78 is 52.7. The maximum atomic E-state index is 13.4. The fraction of sp³-hybridized carbons (Fsp3) is 0.462. The molecule has 180 valence electrons. The van der Waals surface area contributed by atoms with E-state index < -0.39 is 17.2 Å². The number of amides is 1. The molecular weight excluding hydrogens is 448 g/mol. The Bertz CT molecular complexity index is 1080. The van der Waals surface area contributed by atoms with Crippen molar-refractivity contribution in [2.75, 3.05) is 0 Å². The first-order valence-corrected chi connectivity index (χ1v) is 11.4. The zero-order valence-electron chi connectivity index (χ0n) is 18.8. The number of carbonyl (C=O) groups is 1. The second-order valence-corrected chi connectivity index (χ2v) is 9.52. The molecule has 8 heteroatoms. The Balaban J connectivity index is 1.51. The van der Waals surface area contributed by atoms with Gasteiger partial charge in [-0.2, -0.15) is 18.4 Å². The van der Waals surface area contributed by atoms with Crippen molar-refractivity contribution in [3.8, 4) is 6.07 Å². The van der Waals surface area contributed by atoms with Gasteiger partial charge in [0.15, 0.2) is 5.60 Å². The summed E-state index contributed by atoms with van der Waals surface area (Å²) in [5, 5.41) is 19.8. The Hall–Kier alpha value is -2.92. The predicted molar refractivity (Wildman–Crippen MR) is 117 cm³/mol. The van der Waals surface area contributed by atoms with E-state index in [1.54, 1.807) is 12.1 Å². The zero-order valence-corrected chi connectivity index (χ0v) is 18.8. The largest absolute Gasteiger partial charge is 0.421 e. The minimum Gasteiger partial charge on any atom is -0.376 e. The number of nitrogens with zero attached hydrogens (tertiary/aromatic N) is 2. The van der Waals surface area contributed by atoms with Crippen LogP contribution in [-0.2, 0) is 11.0 Å². The fourth-order valence-electron chi connectivity index (χ4n) is 4.84. The van der Waals surface area contributed by atoms with Crippen LogP contribution in [0, 0.1) is 17.1 Å². The van der Waals surface area contributed by atoms with Crippen molar-refractivity contribution in [3.05, 3.63) is 71.0 Å². The van der Waals surface area contributed by atoms with Gasteiger partial charge in [-0.05, 0) is 80.8 Å². The average Bonchev–Trinajstić information content (AvgIpc) is 3.65. The highest BCUT2D eigenvalue weighted by Crippen LogP contribution is 2.43. The van der Waals surface area contributed by atoms with Crippen LogP contribution in [0.2, 0.25) is 0 Å². The molecule has 2 saturated carbocycles. The molecule has 4 rings (SSSR count). The lowest BCUT2D eigenvalue weighted by atomic mass is 9.69. The van der Waals surface area contributed by atoms with Crippen molar-refractivity contribution in [1.29, 1.82) is 5.26 Å². The van der Waals surface area contributed by atoms with Crippen LogP contribution in [0.4, 0.5) is 17.6 Å². The summed E-state index contributed by atoms with van der Waals surface area (Å²) in [6.07, 6.45) is -0.831. The smallest absolute Gasteiger partial charge is 0.376 e. The van der Waals surface area contributed by atoms with Crippen LogP contribution in [0.15, 0.2) is 48.5 Å². The second kappa shape index (κ2) is 8.70. The van der Waals surface area contributed by atoms with Gasteiger partial charge in [0, 0.05) is 17.6 Å². The first-order valence-electron chi connectivity index (χ1n) is 11.4. The van der Waals surface area contributed by atoms with Gasteiger partial charge < -0.3 is 10.0 Å². The highest BCUT2D eigenvalue weighted by Gasteiger charge is 2.51. The van der Waals surface area contributed by atoms with E-state index in [4.69, 9.17) is 0 Å². The zero-order chi connectivity index (χ0) is 24.7. The summed E-state index contributed by atoms with van der Waals surface area (Å²) in [4.78, 5) is 15.2. The molecule has 0 bridgehead atoms. The molecule has 34 heavy (non-hydrogen) atoms. The Kier molecular flexibility index (Phi) is 6.19. The van der Waals surface area contributed by atoms with Crippen LogP contribution < -0.4 is 0 Å². The molecule has 2 aliphatic rings. The predicted octanol–water partition coefficient (Wildman–Crippen LogP) is 5.60. The summed E-state index contributed by atoms with van der Waals surface area (Å²) in [6.45, 7) is 0.685. The minimum atomic E-state index is -4.83. The van der Waals surface area contributed by atoms with Gasteiger partial charge in [-0.1, -0.05) is 24.3 Å². The Morgan fingerprint density at radius 2 is 1.53 bits per heavy atom. The van der Waals surface area contributed by atoms with Crippen LogP contribution >= 0.6 is 0 Å². The maximum absolute atomic E-state index is 13.4. The fourth-order valence-corrected chi connectivity index (χ4v) is 4.84. The molecule has 0 heterocycles. The van der Waals surface area contributed by atoms with Gasteiger partial charge in [0.25, 0.3) is 5.91 Å². The van der Waals surface area contributed by atoms with Gasteiger partial charge in [-0.25, -0.2) is 4.39 Å². The van der Waals surface area contributed by atoms with Gasteiger partial charge in [0.2, 0.25) is 0 Å². The van der Waals surface area contributed by atoms with Gasteiger partial charge in [-0.15, -0.1) is 0 Å². The van der Waals surface area contributed by atoms with Crippen molar-refractivity contribution < 1.29 is 27.5 Å². The highest BCUT2D eigenvalue weighted by molar-refractivity contribution is 5.95. The van der Waals surface area contributed by atoms with Crippen molar-refractivity contribution in [3.63, 3.8) is 0 Å². The number of benzene rings is 2. The number of carbonyl (C=O) groups excluding carboxylic acids is 1. The van der Waals surface area contributed by atoms with E-state index in [0.717, 1.165) is 30.5 Å². The highest BCUT2D eigenvalue weighted by atomic mass is 19.4. The van der Waals surface area contributed by atoms with E-state index in [1.807, 2.05) is 4.90 Å². The van der Waals surface area contributed by atoms with Crippen LogP contribution in [-0.4, -0.2) is 34.2 Å². The summed E-state index contributed by atoms with van der Waals surface area (Å²) >= 11 is 0. The summed E-state index contributed by atoms with van der Waals surface area (Å²) in [5.41, 5.74) is -3.02. The Morgan fingerprint density at radius 1 is 1.00 bits per heavy atom. The van der Waals surface area contributed by atoms with Gasteiger partial charge >= 0.3 is 6.18 Å². The molecular formula is C26H26F4N2O2. The quantitative estimate of drug-likeness (QED) is 0.574. The molecule has 2 aromatic rings. The molecule has 1 N–H and O–H groups in total. The van der Waals surface area contributed by atoms with E-state index in [0.29, 0.717) is 32.6 Å². The molecule has 4 nitrogen and oxygen atoms in total. The van der Waals surface area contributed by atoms with Gasteiger partial charge in [-0.3, -0.25) is 4.79 Å². The third kappa shape index (κ3) is 4.41. The molecule has 2 aliphatic carbocycles. The molecule has 0 aliphatic heterocycles. The van der Waals surface area contributed by atoms with E-state index in [-0.39, 0.29) is 34.9 Å². The lowest BCUT2D eigenvalue weighted by Gasteiger charge is -2.41. The third-order valence-electron chi connectivity index (χ3n) is 7.23. The van der Waals surface area contributed by atoms with Gasteiger partial charge in [0.05, 0.1) is 11.5 Å². The molecule has 2 fully saturated rings. The molecule has 1 amide bonds. The van der Waals surface area contributed by atoms with Crippen molar-refractivity contribution in [2.24, 2.45) is 0 Å². The maximum Gasteiger partial charge on any atom is 0.421 e. The molecule has 1 atom stereocenters. The first kappa shape index (κ1) is 24.2. The topological polar surface area (TPSA) is 64.3 Å². The van der Waals surface area contributed by atoms with E-state index in [2.05, 4.69) is 6.07 Å². The molecule has 0 unspecified atom stereocenters. The molecule has 2 aromatic carbocycles. The van der Waals surface area contributed by atoms with E-state index in [9.17, 15) is 32.7 Å². The molecule has 0 radical (unpaired) electrons. The summed E-state index contributed by atoms with van der Waals surface area (Å²) in [5.74, 6) is -0.615. The standard InChI is InChI=1S/C26H26F4N2O2/c1-24(34,26(28,29)30)18-4-2-17(3-5-18)23(33)32(21-10-11-21)22-12-14-25(16-31,15-13-22)19-6-8-20(27)9-7-19/h2-9,21-22,34H,10-15H2,1H3/t22?,24-,25?/m1/s1. The molecule has 0 saturated heterocycles. The van der Waals surface area contributed by atoms with Crippen molar-refractivity contribution in [2.45, 2.75) is 74.7 Å². The number of nitriles is 1. The average molecular weight is 474 g/mol. The number of halogens is 4. The number of rotatable bonds is 5. The van der Waals surface area contributed by atoms with E-state index >= 15 is 0 Å². The minimum absolute atomic E-state index is 0.0795. The van der Waals surface area contributed by atoms with Gasteiger partial charge in [0.1, 0.15) is 5.82 Å². The monoisotopic (exact) mass is 474 g/mol. The number of alkyl halides is 3. The molecule has 0 spiro atoms. The first-order chi connectivity index (χ1) is 16.0. The summed E-state index contributed by atoms with van der Waals surface area (Å²) in [6, 6.07) is 13.3. The van der Waals surface area contributed by atoms with Crippen molar-refractivity contribution in [1.82, 2.24) is 4.90 Å². The van der Waals surface area contributed by atoms with Crippen LogP contribution in [0.25, 0.3) is 0 Å². The normalized spacial score (nSPS) is 24.7. The SMILES string of the molecule is C[C@@](O)(c1ccc(C(=O)N(C2CC2)C2CCC(C#N)(c3ccc(F)cc3)CC2)cc1)C(F)(F)F. The molecule has 0 aromatic heterocycles. The van der Waals surface area contributed by atoms with Crippen LogP contribution in [0.1, 0.15) is 66.9 Å². The van der Waals surface area contributed by atoms with Crippen molar-refractivity contribution >= 4 is 5.91 Å². The Labute approximate surface area is 195 Å². The number of hydrogen-bond acceptors (Lipinski definition) is 3. The van der Waals surface area contributed by atoms with Crippen LogP contribution in [0.3, 0.4) is 0 Å². The lowest BCUT2D eigenvalue weighted by Crippen LogP contribution is -2.46. The van der Waals surface area contributed by atoms with E-state index in [1.165, 1.54) is 24.3 Å². The second-order valence-electron chi connectivity index (χ2n) is 9.52. The third-order valence-corrected chi connectivity index (χ3v) is 7.23. The number of hydrogen-bond donors (Lipinski definition) is 1. The Morgan fingerprint density at radius 3 is 2.00 bits per heavy atom. The number of aliphatic hydroxyl groups is 1. The van der Waals surface area contributed by atoms with Crippen LogP contribution in [0.5, 0.6) is 0 Å². The lowest BCUT2D eigenvalue weighted by molar-refractivity contribution is -0.258.